The van der Waals surface area contributed by atoms with E-state index in [0.717, 1.165) is 59.9 Å². The zero-order valence-corrected chi connectivity index (χ0v) is 19.4. The maximum Gasteiger partial charge on any atom is 0.255 e. The van der Waals surface area contributed by atoms with E-state index in [1.54, 1.807) is 7.11 Å². The van der Waals surface area contributed by atoms with Crippen molar-refractivity contribution >= 4 is 28.4 Å². The first kappa shape index (κ1) is 21.9. The molecule has 0 saturated carbocycles. The van der Waals surface area contributed by atoms with Crippen molar-refractivity contribution in [3.63, 3.8) is 0 Å². The van der Waals surface area contributed by atoms with Crippen LogP contribution in [0.4, 0.5) is 11.5 Å². The summed E-state index contributed by atoms with van der Waals surface area (Å²) in [4.78, 5) is 26.7. The van der Waals surface area contributed by atoms with E-state index in [4.69, 9.17) is 9.72 Å². The van der Waals surface area contributed by atoms with Crippen molar-refractivity contribution in [1.82, 2.24) is 14.9 Å². The van der Waals surface area contributed by atoms with Crippen LogP contribution in [0.5, 0.6) is 5.75 Å². The number of ether oxygens (including phenoxy) is 1. The topological polar surface area (TPSA) is 70.6 Å². The Kier molecular flexibility index (Phi) is 6.10. The summed E-state index contributed by atoms with van der Waals surface area (Å²) < 4.78 is 5.21. The molecular weight excluding hydrogens is 426 g/mol. The quantitative estimate of drug-likeness (QED) is 0.486. The number of fused-ring (bicyclic) bond motifs is 1. The lowest BCUT2D eigenvalue weighted by Crippen LogP contribution is -2.44. The number of carbonyl (C=O) groups is 1. The van der Waals surface area contributed by atoms with E-state index in [1.165, 1.54) is 0 Å². The van der Waals surface area contributed by atoms with Crippen molar-refractivity contribution in [1.29, 1.82) is 0 Å². The van der Waals surface area contributed by atoms with Crippen LogP contribution in [0.25, 0.3) is 22.2 Å². The zero-order valence-electron chi connectivity index (χ0n) is 19.4. The second kappa shape index (κ2) is 9.49. The average Bonchev–Trinajstić information content (AvgIpc) is 2.89. The molecule has 5 rings (SSSR count). The minimum atomic E-state index is -0.164. The highest BCUT2D eigenvalue weighted by molar-refractivity contribution is 6.05. The SMILES string of the molecule is COc1ccc(-c2ccc(C(=O)Nc3ccc4nc(N5CCN(C)CC5)cnc4c3)cc2)cc1. The van der Waals surface area contributed by atoms with Gasteiger partial charge in [-0.2, -0.15) is 0 Å². The third kappa shape index (κ3) is 4.70. The van der Waals surface area contributed by atoms with Crippen LogP contribution in [0, 0.1) is 0 Å². The van der Waals surface area contributed by atoms with Crippen molar-refractivity contribution in [3.05, 3.63) is 78.5 Å². The first-order valence-electron chi connectivity index (χ1n) is 11.4. The van der Waals surface area contributed by atoms with Crippen LogP contribution in [0.15, 0.2) is 72.9 Å². The maximum atomic E-state index is 12.8. The van der Waals surface area contributed by atoms with Crippen molar-refractivity contribution in [3.8, 4) is 16.9 Å². The van der Waals surface area contributed by atoms with Gasteiger partial charge in [0.2, 0.25) is 0 Å². The van der Waals surface area contributed by atoms with Gasteiger partial charge < -0.3 is 19.9 Å². The number of anilines is 2. The van der Waals surface area contributed by atoms with Crippen molar-refractivity contribution < 1.29 is 9.53 Å². The number of amides is 1. The molecule has 1 N–H and O–H groups in total. The Morgan fingerprint density at radius 2 is 1.56 bits per heavy atom. The predicted octanol–water partition coefficient (Wildman–Crippen LogP) is 4.31. The second-order valence-corrected chi connectivity index (χ2v) is 8.48. The Morgan fingerprint density at radius 1 is 0.882 bits per heavy atom. The minimum absolute atomic E-state index is 0.164. The van der Waals surface area contributed by atoms with Crippen molar-refractivity contribution in [2.75, 3.05) is 50.6 Å². The van der Waals surface area contributed by atoms with Crippen LogP contribution in [0.1, 0.15) is 10.4 Å². The first-order chi connectivity index (χ1) is 16.6. The number of rotatable bonds is 5. The van der Waals surface area contributed by atoms with Gasteiger partial charge in [-0.1, -0.05) is 24.3 Å². The number of methoxy groups -OCH3 is 1. The number of nitrogens with zero attached hydrogens (tertiary/aromatic N) is 4. The van der Waals surface area contributed by atoms with Gasteiger partial charge in [0.05, 0.1) is 24.3 Å². The largest absolute Gasteiger partial charge is 0.497 e. The van der Waals surface area contributed by atoms with E-state index in [1.807, 2.05) is 72.9 Å². The Balaban J connectivity index is 1.27. The molecular formula is C27H27N5O2. The summed E-state index contributed by atoms with van der Waals surface area (Å²) in [5.74, 6) is 1.55. The summed E-state index contributed by atoms with van der Waals surface area (Å²) in [7, 11) is 3.78. The van der Waals surface area contributed by atoms with Crippen LogP contribution in [-0.4, -0.2) is 61.1 Å². The van der Waals surface area contributed by atoms with Gasteiger partial charge in [-0.3, -0.25) is 9.78 Å². The fourth-order valence-corrected chi connectivity index (χ4v) is 4.07. The number of hydrogen-bond acceptors (Lipinski definition) is 6. The van der Waals surface area contributed by atoms with E-state index in [9.17, 15) is 4.79 Å². The number of piperazine rings is 1. The van der Waals surface area contributed by atoms with E-state index < -0.39 is 0 Å². The van der Waals surface area contributed by atoms with Crippen molar-refractivity contribution in [2.24, 2.45) is 0 Å². The molecule has 1 aliphatic heterocycles. The smallest absolute Gasteiger partial charge is 0.255 e. The molecule has 0 radical (unpaired) electrons. The summed E-state index contributed by atoms with van der Waals surface area (Å²) >= 11 is 0. The van der Waals surface area contributed by atoms with Gasteiger partial charge in [0.1, 0.15) is 11.6 Å². The van der Waals surface area contributed by atoms with E-state index >= 15 is 0 Å². The summed E-state index contributed by atoms with van der Waals surface area (Å²) in [5, 5.41) is 2.97. The molecule has 1 fully saturated rings. The molecule has 1 amide bonds. The molecule has 0 aliphatic carbocycles. The standard InChI is InChI=1S/C27H27N5O2/c1-31-13-15-32(16-14-31)26-18-28-25-17-22(9-12-24(25)30-26)29-27(33)21-5-3-19(4-6-21)20-7-10-23(34-2)11-8-20/h3-12,17-18H,13-16H2,1-2H3,(H,29,33). The van der Waals surface area contributed by atoms with Crippen LogP contribution >= 0.6 is 0 Å². The molecule has 0 bridgehead atoms. The molecule has 0 unspecified atom stereocenters. The second-order valence-electron chi connectivity index (χ2n) is 8.48. The molecule has 3 aromatic carbocycles. The molecule has 0 spiro atoms. The fourth-order valence-electron chi connectivity index (χ4n) is 4.07. The normalized spacial score (nSPS) is 14.2. The average molecular weight is 454 g/mol. The maximum absolute atomic E-state index is 12.8. The lowest BCUT2D eigenvalue weighted by atomic mass is 10.0. The van der Waals surface area contributed by atoms with Crippen molar-refractivity contribution in [2.45, 2.75) is 0 Å². The lowest BCUT2D eigenvalue weighted by Gasteiger charge is -2.33. The summed E-state index contributed by atoms with van der Waals surface area (Å²) in [5.41, 5.74) is 4.96. The van der Waals surface area contributed by atoms with Gasteiger partial charge in [-0.05, 0) is 60.6 Å². The molecule has 2 heterocycles. The van der Waals surface area contributed by atoms with Crippen LogP contribution < -0.4 is 15.0 Å². The zero-order chi connectivity index (χ0) is 23.5. The van der Waals surface area contributed by atoms with Gasteiger partial charge in [-0.15, -0.1) is 0 Å². The van der Waals surface area contributed by atoms with Gasteiger partial charge in [0.15, 0.2) is 0 Å². The summed E-state index contributed by atoms with van der Waals surface area (Å²) in [6.07, 6.45) is 1.82. The van der Waals surface area contributed by atoms with Gasteiger partial charge in [-0.25, -0.2) is 4.98 Å². The predicted molar refractivity (Wildman–Crippen MR) is 136 cm³/mol. The molecule has 34 heavy (non-hydrogen) atoms. The van der Waals surface area contributed by atoms with Crippen LogP contribution in [0.2, 0.25) is 0 Å². The molecule has 172 valence electrons. The monoisotopic (exact) mass is 453 g/mol. The number of likely N-dealkylation sites (N-methyl/N-ethyl adjacent to an activating group) is 1. The molecule has 1 aromatic heterocycles. The molecule has 1 saturated heterocycles. The van der Waals surface area contributed by atoms with E-state index in [0.29, 0.717) is 11.3 Å². The Morgan fingerprint density at radius 3 is 2.24 bits per heavy atom. The molecule has 4 aromatic rings. The first-order valence-corrected chi connectivity index (χ1v) is 11.4. The summed E-state index contributed by atoms with van der Waals surface area (Å²) in [6, 6.07) is 21.0. The van der Waals surface area contributed by atoms with Gasteiger partial charge >= 0.3 is 0 Å². The third-order valence-electron chi connectivity index (χ3n) is 6.19. The highest BCUT2D eigenvalue weighted by Gasteiger charge is 2.16. The van der Waals surface area contributed by atoms with E-state index in [-0.39, 0.29) is 5.91 Å². The number of aromatic nitrogens is 2. The van der Waals surface area contributed by atoms with Gasteiger partial charge in [0.25, 0.3) is 5.91 Å². The van der Waals surface area contributed by atoms with Gasteiger partial charge in [0, 0.05) is 37.4 Å². The molecule has 7 nitrogen and oxygen atoms in total. The summed E-state index contributed by atoms with van der Waals surface area (Å²) in [6.45, 7) is 3.93. The Hall–Kier alpha value is -3.97. The number of hydrogen-bond donors (Lipinski definition) is 1. The number of benzene rings is 3. The minimum Gasteiger partial charge on any atom is -0.497 e. The number of carbonyl (C=O) groups excluding carboxylic acids is 1. The molecule has 7 heteroatoms. The van der Waals surface area contributed by atoms with E-state index in [2.05, 4.69) is 27.1 Å². The Labute approximate surface area is 199 Å². The lowest BCUT2D eigenvalue weighted by molar-refractivity contribution is 0.102. The molecule has 0 atom stereocenters. The number of nitrogens with one attached hydrogen (secondary N) is 1. The van der Waals surface area contributed by atoms with Crippen LogP contribution in [0.3, 0.4) is 0 Å². The van der Waals surface area contributed by atoms with Crippen LogP contribution in [-0.2, 0) is 0 Å². The third-order valence-corrected chi connectivity index (χ3v) is 6.19. The fraction of sp³-hybridized carbons (Fsp3) is 0.222. The highest BCUT2D eigenvalue weighted by Crippen LogP contribution is 2.24. The molecule has 1 aliphatic rings. The Bertz CT molecular complexity index is 1300. The highest BCUT2D eigenvalue weighted by atomic mass is 16.5.